The molecule has 1 N–H and O–H groups in total. The molecule has 1 aliphatic carbocycles. The topological polar surface area (TPSA) is 57.6 Å². The van der Waals surface area contributed by atoms with Crippen molar-refractivity contribution in [1.29, 1.82) is 0 Å². The van der Waals surface area contributed by atoms with Gasteiger partial charge in [-0.2, -0.15) is 0 Å². The Morgan fingerprint density at radius 2 is 2.00 bits per heavy atom. The van der Waals surface area contributed by atoms with E-state index < -0.39 is 17.6 Å². The highest BCUT2D eigenvalue weighted by molar-refractivity contribution is 5.84. The fourth-order valence-corrected chi connectivity index (χ4v) is 3.50. The summed E-state index contributed by atoms with van der Waals surface area (Å²) < 4.78 is 26.3. The Hall–Kier alpha value is -1.98. The van der Waals surface area contributed by atoms with Crippen LogP contribution in [0.1, 0.15) is 43.6 Å². The minimum atomic E-state index is -0.901. The Morgan fingerprint density at radius 3 is 2.70 bits per heavy atom. The van der Waals surface area contributed by atoms with Gasteiger partial charge in [0.05, 0.1) is 6.42 Å². The molecule has 1 amide bonds. The Bertz CT molecular complexity index is 634. The highest BCUT2D eigenvalue weighted by Crippen LogP contribution is 2.49. The predicted octanol–water partition coefficient (Wildman–Crippen LogP) is 2.92. The van der Waals surface area contributed by atoms with Crippen LogP contribution in [-0.4, -0.2) is 34.5 Å². The lowest BCUT2D eigenvalue weighted by Gasteiger charge is -2.35. The van der Waals surface area contributed by atoms with Crippen molar-refractivity contribution in [2.75, 3.05) is 6.54 Å². The van der Waals surface area contributed by atoms with Crippen molar-refractivity contribution in [3.05, 3.63) is 35.4 Å². The number of carboxylic acid groups (broad SMARTS) is 1. The summed E-state index contributed by atoms with van der Waals surface area (Å²) in [5, 5.41) is 8.99. The van der Waals surface area contributed by atoms with Gasteiger partial charge >= 0.3 is 5.97 Å². The second-order valence-electron chi connectivity index (χ2n) is 6.40. The summed E-state index contributed by atoms with van der Waals surface area (Å²) in [6, 6.07) is 3.50. The van der Waals surface area contributed by atoms with Crippen LogP contribution in [0.5, 0.6) is 0 Å². The Kier molecular flexibility index (Phi) is 4.33. The number of hydrogen-bond acceptors (Lipinski definition) is 2. The first-order valence-electron chi connectivity index (χ1n) is 7.94. The summed E-state index contributed by atoms with van der Waals surface area (Å²) in [6.45, 7) is 0.581. The van der Waals surface area contributed by atoms with Gasteiger partial charge in [-0.05, 0) is 49.3 Å². The minimum Gasteiger partial charge on any atom is -0.481 e. The molecule has 4 nitrogen and oxygen atoms in total. The summed E-state index contributed by atoms with van der Waals surface area (Å²) >= 11 is 0. The molecule has 2 aliphatic rings. The molecule has 23 heavy (non-hydrogen) atoms. The van der Waals surface area contributed by atoms with Crippen molar-refractivity contribution in [2.45, 2.75) is 44.1 Å². The molecule has 1 saturated heterocycles. The number of amides is 1. The first kappa shape index (κ1) is 15.9. The molecule has 3 atom stereocenters. The molecular formula is C17H19F2NO3. The van der Waals surface area contributed by atoms with Gasteiger partial charge in [0.1, 0.15) is 0 Å². The number of carboxylic acids is 1. The van der Waals surface area contributed by atoms with E-state index in [1.165, 1.54) is 6.07 Å². The van der Waals surface area contributed by atoms with Crippen LogP contribution in [0, 0.1) is 17.6 Å². The van der Waals surface area contributed by atoms with E-state index in [4.69, 9.17) is 5.11 Å². The van der Waals surface area contributed by atoms with E-state index in [0.29, 0.717) is 24.9 Å². The smallest absolute Gasteiger partial charge is 0.305 e. The van der Waals surface area contributed by atoms with Crippen LogP contribution in [0.25, 0.3) is 0 Å². The number of piperidine rings is 1. The molecule has 1 aromatic carbocycles. The molecule has 1 aliphatic heterocycles. The zero-order chi connectivity index (χ0) is 16.6. The van der Waals surface area contributed by atoms with Crippen molar-refractivity contribution < 1.29 is 23.5 Å². The molecule has 1 heterocycles. The molecular weight excluding hydrogens is 304 g/mol. The molecule has 0 radical (unpaired) electrons. The third-order valence-electron chi connectivity index (χ3n) is 4.80. The van der Waals surface area contributed by atoms with Gasteiger partial charge in [0.2, 0.25) is 5.91 Å². The number of aliphatic carboxylic acids is 1. The van der Waals surface area contributed by atoms with Crippen molar-refractivity contribution in [3.63, 3.8) is 0 Å². The third-order valence-corrected chi connectivity index (χ3v) is 4.80. The maximum Gasteiger partial charge on any atom is 0.305 e. The van der Waals surface area contributed by atoms with Gasteiger partial charge in [-0.25, -0.2) is 8.78 Å². The molecule has 1 aromatic rings. The van der Waals surface area contributed by atoms with Crippen molar-refractivity contribution in [1.82, 2.24) is 4.90 Å². The van der Waals surface area contributed by atoms with E-state index in [2.05, 4.69) is 0 Å². The second kappa shape index (κ2) is 6.26. The van der Waals surface area contributed by atoms with E-state index in [0.717, 1.165) is 25.0 Å². The average molecular weight is 323 g/mol. The number of halogens is 2. The van der Waals surface area contributed by atoms with Crippen LogP contribution >= 0.6 is 0 Å². The minimum absolute atomic E-state index is 0.0334. The lowest BCUT2D eigenvalue weighted by molar-refractivity contribution is -0.142. The zero-order valence-corrected chi connectivity index (χ0v) is 12.7. The van der Waals surface area contributed by atoms with Gasteiger partial charge in [-0.15, -0.1) is 0 Å². The second-order valence-corrected chi connectivity index (χ2v) is 6.40. The molecule has 0 spiro atoms. The van der Waals surface area contributed by atoms with Crippen molar-refractivity contribution >= 4 is 11.9 Å². The number of carbonyl (C=O) groups excluding carboxylic acids is 1. The summed E-state index contributed by atoms with van der Waals surface area (Å²) in [5.41, 5.74) is 0.633. The van der Waals surface area contributed by atoms with E-state index in [1.807, 2.05) is 0 Å². The first-order valence-corrected chi connectivity index (χ1v) is 7.94. The van der Waals surface area contributed by atoms with Crippen LogP contribution < -0.4 is 0 Å². The fourth-order valence-electron chi connectivity index (χ4n) is 3.50. The monoisotopic (exact) mass is 323 g/mol. The largest absolute Gasteiger partial charge is 0.481 e. The van der Waals surface area contributed by atoms with Gasteiger partial charge in [0.15, 0.2) is 11.6 Å². The Labute approximate surface area is 133 Å². The fraction of sp³-hybridized carbons (Fsp3) is 0.529. The summed E-state index contributed by atoms with van der Waals surface area (Å²) in [6.07, 6.45) is 3.10. The summed E-state index contributed by atoms with van der Waals surface area (Å²) in [7, 11) is 0. The van der Waals surface area contributed by atoms with Crippen LogP contribution in [-0.2, 0) is 9.59 Å². The SMILES string of the molecule is O=C(O)C[C@@H]1CCCCN1C(=O)[C@H]1C[C@@H]1c1ccc(F)c(F)c1. The normalized spacial score (nSPS) is 26.9. The lowest BCUT2D eigenvalue weighted by atomic mass is 9.98. The molecule has 124 valence electrons. The van der Waals surface area contributed by atoms with E-state index in [9.17, 15) is 18.4 Å². The van der Waals surface area contributed by atoms with E-state index >= 15 is 0 Å². The quantitative estimate of drug-likeness (QED) is 0.927. The maximum absolute atomic E-state index is 13.3. The predicted molar refractivity (Wildman–Crippen MR) is 78.8 cm³/mol. The van der Waals surface area contributed by atoms with E-state index in [-0.39, 0.29) is 30.2 Å². The maximum atomic E-state index is 13.3. The third kappa shape index (κ3) is 3.35. The van der Waals surface area contributed by atoms with Gasteiger partial charge < -0.3 is 10.0 Å². The van der Waals surface area contributed by atoms with Gasteiger partial charge in [-0.3, -0.25) is 9.59 Å². The van der Waals surface area contributed by atoms with Crippen molar-refractivity contribution in [3.8, 4) is 0 Å². The number of nitrogens with zero attached hydrogens (tertiary/aromatic N) is 1. The Balaban J connectivity index is 1.68. The summed E-state index contributed by atoms with van der Waals surface area (Å²) in [4.78, 5) is 25.3. The molecule has 2 fully saturated rings. The molecule has 3 rings (SSSR count). The van der Waals surface area contributed by atoms with Crippen LogP contribution in [0.3, 0.4) is 0 Å². The van der Waals surface area contributed by atoms with E-state index in [1.54, 1.807) is 4.90 Å². The van der Waals surface area contributed by atoms with Crippen LogP contribution in [0.4, 0.5) is 8.78 Å². The molecule has 0 aromatic heterocycles. The molecule has 1 saturated carbocycles. The zero-order valence-electron chi connectivity index (χ0n) is 12.7. The van der Waals surface area contributed by atoms with Crippen LogP contribution in [0.2, 0.25) is 0 Å². The van der Waals surface area contributed by atoms with Gasteiger partial charge in [0, 0.05) is 18.5 Å². The Morgan fingerprint density at radius 1 is 1.22 bits per heavy atom. The standard InChI is InChI=1S/C17H19F2NO3/c18-14-5-4-10(7-15(14)19)12-9-13(12)17(23)20-6-2-1-3-11(20)8-16(21)22/h4-5,7,11-13H,1-3,6,8-9H2,(H,21,22)/t11-,12+,13-/m0/s1. The highest BCUT2D eigenvalue weighted by atomic mass is 19.2. The number of likely N-dealkylation sites (tertiary alicyclic amines) is 1. The number of benzene rings is 1. The van der Waals surface area contributed by atoms with Gasteiger partial charge in [-0.1, -0.05) is 6.07 Å². The summed E-state index contributed by atoms with van der Waals surface area (Å²) in [5.74, 6) is -3.08. The average Bonchev–Trinajstić information content (AvgIpc) is 3.30. The van der Waals surface area contributed by atoms with Crippen LogP contribution in [0.15, 0.2) is 18.2 Å². The van der Waals surface area contributed by atoms with Crippen molar-refractivity contribution in [2.24, 2.45) is 5.92 Å². The lowest BCUT2D eigenvalue weighted by Crippen LogP contribution is -2.45. The molecule has 0 unspecified atom stereocenters. The first-order chi connectivity index (χ1) is 11.0. The molecule has 0 bridgehead atoms. The molecule has 6 heteroatoms. The number of hydrogen-bond donors (Lipinski definition) is 1. The number of carbonyl (C=O) groups is 2. The number of rotatable bonds is 4. The van der Waals surface area contributed by atoms with Gasteiger partial charge in [0.25, 0.3) is 0 Å². The highest BCUT2D eigenvalue weighted by Gasteiger charge is 2.47.